The smallest absolute Gasteiger partial charge is 0.384 e. The highest BCUT2D eigenvalue weighted by Gasteiger charge is 2.62. The van der Waals surface area contributed by atoms with Gasteiger partial charge in [0.15, 0.2) is 0 Å². The van der Waals surface area contributed by atoms with Crippen molar-refractivity contribution in [2.75, 3.05) is 13.7 Å². The Labute approximate surface area is 112 Å². The number of ether oxygens (including phenoxy) is 1. The maximum Gasteiger partial charge on any atom is 0.455 e. The molecule has 1 atom stereocenters. The normalized spacial score (nSPS) is 14.5. The first-order valence-electron chi connectivity index (χ1n) is 5.36. The molecule has 0 aliphatic carbocycles. The summed E-state index contributed by atoms with van der Waals surface area (Å²) in [5, 5.41) is -2.44. The van der Waals surface area contributed by atoms with Crippen molar-refractivity contribution in [1.82, 2.24) is 0 Å². The van der Waals surface area contributed by atoms with Crippen LogP contribution in [0.3, 0.4) is 0 Å². The van der Waals surface area contributed by atoms with Gasteiger partial charge in [-0.1, -0.05) is 24.3 Å². The summed E-state index contributed by atoms with van der Waals surface area (Å²) >= 11 is 5.24. The molecular formula is C12H12ClF5O. The van der Waals surface area contributed by atoms with Gasteiger partial charge in [-0.05, 0) is 17.5 Å². The lowest BCUT2D eigenvalue weighted by Gasteiger charge is -2.24. The van der Waals surface area contributed by atoms with Gasteiger partial charge < -0.3 is 4.74 Å². The van der Waals surface area contributed by atoms with Crippen LogP contribution in [-0.4, -0.2) is 25.8 Å². The fraction of sp³-hybridized carbons (Fsp3) is 0.500. The molecule has 0 saturated carbocycles. The van der Waals surface area contributed by atoms with Gasteiger partial charge in [0.1, 0.15) is 5.38 Å². The summed E-state index contributed by atoms with van der Waals surface area (Å²) in [6, 6.07) is 5.25. The third-order valence-electron chi connectivity index (χ3n) is 2.56. The SMILES string of the molecule is COCCc1ccc(C(Cl)C(F)(F)C(F)(F)F)cc1. The second-order valence-corrected chi connectivity index (χ2v) is 4.40. The van der Waals surface area contributed by atoms with Gasteiger partial charge in [-0.25, -0.2) is 0 Å². The predicted molar refractivity (Wildman–Crippen MR) is 61.6 cm³/mol. The van der Waals surface area contributed by atoms with E-state index in [0.29, 0.717) is 13.0 Å². The second kappa shape index (κ2) is 6.05. The molecule has 1 nitrogen and oxygen atoms in total. The van der Waals surface area contributed by atoms with Crippen LogP contribution in [0.5, 0.6) is 0 Å². The lowest BCUT2D eigenvalue weighted by atomic mass is 10.0. The molecule has 1 rings (SSSR count). The van der Waals surface area contributed by atoms with Crippen LogP contribution in [0.2, 0.25) is 0 Å². The topological polar surface area (TPSA) is 9.23 Å². The minimum Gasteiger partial charge on any atom is -0.384 e. The Bertz CT molecular complexity index is 402. The van der Waals surface area contributed by atoms with E-state index in [2.05, 4.69) is 0 Å². The molecule has 0 aliphatic rings. The number of benzene rings is 1. The molecule has 19 heavy (non-hydrogen) atoms. The van der Waals surface area contributed by atoms with Crippen molar-refractivity contribution in [2.24, 2.45) is 0 Å². The first-order valence-corrected chi connectivity index (χ1v) is 5.80. The van der Waals surface area contributed by atoms with Crippen molar-refractivity contribution in [3.63, 3.8) is 0 Å². The molecule has 1 unspecified atom stereocenters. The van der Waals surface area contributed by atoms with E-state index in [-0.39, 0.29) is 5.56 Å². The van der Waals surface area contributed by atoms with E-state index in [1.165, 1.54) is 31.4 Å². The van der Waals surface area contributed by atoms with Gasteiger partial charge in [0, 0.05) is 7.11 Å². The average Bonchev–Trinajstić information content (AvgIpc) is 2.34. The Kier molecular flexibility index (Phi) is 5.15. The molecular weight excluding hydrogens is 291 g/mol. The molecule has 108 valence electrons. The van der Waals surface area contributed by atoms with Crippen LogP contribution in [0.4, 0.5) is 22.0 Å². The number of methoxy groups -OCH3 is 1. The third kappa shape index (κ3) is 3.79. The van der Waals surface area contributed by atoms with E-state index in [4.69, 9.17) is 16.3 Å². The molecule has 0 aliphatic heterocycles. The maximum atomic E-state index is 13.0. The van der Waals surface area contributed by atoms with Crippen molar-refractivity contribution in [2.45, 2.75) is 23.9 Å². The molecule has 0 aromatic heterocycles. The highest BCUT2D eigenvalue weighted by molar-refractivity contribution is 6.21. The number of hydrogen-bond acceptors (Lipinski definition) is 1. The minimum absolute atomic E-state index is 0.273. The van der Waals surface area contributed by atoms with Crippen molar-refractivity contribution < 1.29 is 26.7 Å². The largest absolute Gasteiger partial charge is 0.455 e. The Morgan fingerprint density at radius 3 is 2.05 bits per heavy atom. The standard InChI is InChI=1S/C12H12ClF5O/c1-19-7-6-8-2-4-9(5-3-8)10(13)11(14,15)12(16,17)18/h2-5,10H,6-7H2,1H3. The Morgan fingerprint density at radius 1 is 1.11 bits per heavy atom. The first-order chi connectivity index (χ1) is 8.70. The third-order valence-corrected chi connectivity index (χ3v) is 3.09. The van der Waals surface area contributed by atoms with Gasteiger partial charge in [-0.3, -0.25) is 0 Å². The molecule has 0 saturated heterocycles. The van der Waals surface area contributed by atoms with Crippen molar-refractivity contribution in [3.8, 4) is 0 Å². The number of halogens is 6. The van der Waals surface area contributed by atoms with Gasteiger partial charge in [0.25, 0.3) is 0 Å². The summed E-state index contributed by atoms with van der Waals surface area (Å²) in [6.07, 6.45) is -5.13. The van der Waals surface area contributed by atoms with Crippen molar-refractivity contribution in [1.29, 1.82) is 0 Å². The summed E-state index contributed by atoms with van der Waals surface area (Å²) in [5.74, 6) is -4.97. The molecule has 0 N–H and O–H groups in total. The fourth-order valence-electron chi connectivity index (χ4n) is 1.43. The summed E-state index contributed by atoms with van der Waals surface area (Å²) < 4.78 is 67.4. The van der Waals surface area contributed by atoms with Crippen molar-refractivity contribution >= 4 is 11.6 Å². The van der Waals surface area contributed by atoms with E-state index in [1.54, 1.807) is 0 Å². The fourth-order valence-corrected chi connectivity index (χ4v) is 1.70. The molecule has 7 heteroatoms. The molecule has 0 fully saturated rings. The molecule has 1 aromatic rings. The van der Waals surface area contributed by atoms with Crippen LogP contribution in [0, 0.1) is 0 Å². The van der Waals surface area contributed by atoms with E-state index in [9.17, 15) is 22.0 Å². The average molecular weight is 303 g/mol. The molecule has 1 aromatic carbocycles. The van der Waals surface area contributed by atoms with E-state index < -0.39 is 17.5 Å². The summed E-state index contributed by atoms with van der Waals surface area (Å²) in [7, 11) is 1.51. The van der Waals surface area contributed by atoms with E-state index >= 15 is 0 Å². The maximum absolute atomic E-state index is 13.0. The first kappa shape index (κ1) is 16.2. The lowest BCUT2D eigenvalue weighted by Crippen LogP contribution is -2.40. The van der Waals surface area contributed by atoms with Gasteiger partial charge >= 0.3 is 12.1 Å². The Morgan fingerprint density at radius 2 is 1.63 bits per heavy atom. The van der Waals surface area contributed by atoms with Crippen LogP contribution in [0.1, 0.15) is 16.5 Å². The number of hydrogen-bond donors (Lipinski definition) is 0. The number of alkyl halides is 6. The summed E-state index contributed by atoms with van der Waals surface area (Å²) in [4.78, 5) is 0. The highest BCUT2D eigenvalue weighted by atomic mass is 35.5. The van der Waals surface area contributed by atoms with Gasteiger partial charge in [0.05, 0.1) is 6.61 Å². The molecule has 0 bridgehead atoms. The quantitative estimate of drug-likeness (QED) is 0.580. The predicted octanol–water partition coefficient (Wildman–Crippen LogP) is 4.35. The van der Waals surface area contributed by atoms with Gasteiger partial charge in [-0.2, -0.15) is 22.0 Å². The Balaban J connectivity index is 2.86. The molecule has 0 spiro atoms. The zero-order chi connectivity index (χ0) is 14.7. The monoisotopic (exact) mass is 302 g/mol. The van der Waals surface area contributed by atoms with E-state index in [1.807, 2.05) is 0 Å². The van der Waals surface area contributed by atoms with Crippen LogP contribution in [0.15, 0.2) is 24.3 Å². The lowest BCUT2D eigenvalue weighted by molar-refractivity contribution is -0.283. The zero-order valence-corrected chi connectivity index (χ0v) is 10.7. The zero-order valence-electron chi connectivity index (χ0n) is 9.98. The van der Waals surface area contributed by atoms with Crippen LogP contribution in [-0.2, 0) is 11.2 Å². The van der Waals surface area contributed by atoms with E-state index in [0.717, 1.165) is 5.56 Å². The van der Waals surface area contributed by atoms with Crippen molar-refractivity contribution in [3.05, 3.63) is 35.4 Å². The second-order valence-electron chi connectivity index (χ2n) is 3.97. The van der Waals surface area contributed by atoms with Gasteiger partial charge in [-0.15, -0.1) is 11.6 Å². The number of rotatable bonds is 5. The molecule has 0 amide bonds. The van der Waals surface area contributed by atoms with Crippen LogP contribution < -0.4 is 0 Å². The van der Waals surface area contributed by atoms with Crippen LogP contribution >= 0.6 is 11.6 Å². The summed E-state index contributed by atoms with van der Waals surface area (Å²) in [5.41, 5.74) is 0.495. The highest BCUT2D eigenvalue weighted by Crippen LogP contribution is 2.47. The molecule has 0 heterocycles. The summed E-state index contributed by atoms with van der Waals surface area (Å²) in [6.45, 7) is 0.433. The molecule has 0 radical (unpaired) electrons. The Hall–Kier alpha value is -0.880. The van der Waals surface area contributed by atoms with Gasteiger partial charge in [0.2, 0.25) is 0 Å². The minimum atomic E-state index is -5.67. The van der Waals surface area contributed by atoms with Crippen LogP contribution in [0.25, 0.3) is 0 Å².